The molecule has 1 atom stereocenters. The topological polar surface area (TPSA) is 89.8 Å². The number of aromatic nitrogens is 2. The van der Waals surface area contributed by atoms with Crippen molar-refractivity contribution < 1.29 is 15.0 Å². The predicted octanol–water partition coefficient (Wildman–Crippen LogP) is 0.980. The second kappa shape index (κ2) is 6.41. The number of anilines is 1. The first-order valence-corrected chi connectivity index (χ1v) is 7.79. The fraction of sp³-hybridized carbons (Fsp3) is 0.688. The first kappa shape index (κ1) is 17.6. The van der Waals surface area contributed by atoms with Gasteiger partial charge in [-0.05, 0) is 13.3 Å². The number of likely N-dealkylation sites (tertiary alicyclic amines) is 1. The molecule has 0 amide bonds. The number of aliphatic hydroxyl groups is 1. The Morgan fingerprint density at radius 3 is 2.48 bits per heavy atom. The van der Waals surface area contributed by atoms with Gasteiger partial charge in [-0.25, -0.2) is 9.97 Å². The highest BCUT2D eigenvalue weighted by Gasteiger charge is 2.43. The van der Waals surface area contributed by atoms with Gasteiger partial charge >= 0.3 is 5.97 Å². The Morgan fingerprint density at radius 1 is 1.35 bits per heavy atom. The summed E-state index contributed by atoms with van der Waals surface area (Å²) in [5, 5.41) is 19.2. The summed E-state index contributed by atoms with van der Waals surface area (Å²) in [5.74, 6) is -0.513. The molecule has 1 aliphatic rings. The number of nitrogens with zero attached hydrogens (tertiary/aromatic N) is 4. The molecule has 7 heteroatoms. The van der Waals surface area contributed by atoms with E-state index in [1.54, 1.807) is 19.4 Å². The van der Waals surface area contributed by atoms with Crippen LogP contribution in [0.1, 0.15) is 32.8 Å². The molecule has 0 spiro atoms. The average molecular weight is 322 g/mol. The second-order valence-corrected chi connectivity index (χ2v) is 7.26. The molecule has 2 heterocycles. The second-order valence-electron chi connectivity index (χ2n) is 7.26. The summed E-state index contributed by atoms with van der Waals surface area (Å²) in [6.45, 7) is 8.30. The minimum Gasteiger partial charge on any atom is -0.480 e. The van der Waals surface area contributed by atoms with Gasteiger partial charge in [-0.2, -0.15) is 0 Å². The van der Waals surface area contributed by atoms with Crippen molar-refractivity contribution in [2.24, 2.45) is 5.41 Å². The molecule has 128 valence electrons. The Bertz CT molecular complexity index is 557. The molecule has 1 fully saturated rings. The molecule has 1 aromatic rings. The molecule has 1 aliphatic heterocycles. The zero-order valence-electron chi connectivity index (χ0n) is 14.3. The first-order valence-electron chi connectivity index (χ1n) is 7.79. The van der Waals surface area contributed by atoms with Gasteiger partial charge in [-0.3, -0.25) is 9.69 Å². The number of carboxylic acid groups (broad SMARTS) is 1. The SMILES string of the molecule is CN(CC(=O)O)c1ncc(CN2CC[C@](C)(O)C(C)(C)C2)cn1. The van der Waals surface area contributed by atoms with Crippen LogP contribution in [0.2, 0.25) is 0 Å². The lowest BCUT2D eigenvalue weighted by Gasteiger charge is -2.48. The highest BCUT2D eigenvalue weighted by molar-refractivity contribution is 5.72. The summed E-state index contributed by atoms with van der Waals surface area (Å²) in [6, 6.07) is 0. The summed E-state index contributed by atoms with van der Waals surface area (Å²) in [6.07, 6.45) is 4.21. The van der Waals surface area contributed by atoms with Crippen molar-refractivity contribution in [3.05, 3.63) is 18.0 Å². The summed E-state index contributed by atoms with van der Waals surface area (Å²) in [7, 11) is 1.65. The van der Waals surface area contributed by atoms with Crippen molar-refractivity contribution in [3.63, 3.8) is 0 Å². The van der Waals surface area contributed by atoms with Crippen LogP contribution in [0.4, 0.5) is 5.95 Å². The molecular weight excluding hydrogens is 296 g/mol. The third kappa shape index (κ3) is 4.17. The van der Waals surface area contributed by atoms with Crippen LogP contribution in [0.3, 0.4) is 0 Å². The van der Waals surface area contributed by atoms with Crippen molar-refractivity contribution >= 4 is 11.9 Å². The molecule has 1 aromatic heterocycles. The van der Waals surface area contributed by atoms with Crippen LogP contribution >= 0.6 is 0 Å². The Morgan fingerprint density at radius 2 is 1.96 bits per heavy atom. The molecule has 0 unspecified atom stereocenters. The van der Waals surface area contributed by atoms with Crippen LogP contribution in [0.5, 0.6) is 0 Å². The maximum absolute atomic E-state index is 10.7. The van der Waals surface area contributed by atoms with Gasteiger partial charge in [-0.15, -0.1) is 0 Å². The summed E-state index contributed by atoms with van der Waals surface area (Å²) in [5.41, 5.74) is 0.159. The van der Waals surface area contributed by atoms with Gasteiger partial charge in [-0.1, -0.05) is 13.8 Å². The summed E-state index contributed by atoms with van der Waals surface area (Å²) in [4.78, 5) is 23.0. The molecule has 2 N–H and O–H groups in total. The van der Waals surface area contributed by atoms with E-state index in [2.05, 4.69) is 28.7 Å². The van der Waals surface area contributed by atoms with E-state index in [1.807, 2.05) is 6.92 Å². The van der Waals surface area contributed by atoms with Gasteiger partial charge in [0.15, 0.2) is 0 Å². The van der Waals surface area contributed by atoms with Crippen molar-refractivity contribution in [2.45, 2.75) is 39.3 Å². The molecule has 0 bridgehead atoms. The number of piperidine rings is 1. The van der Waals surface area contributed by atoms with Crippen molar-refractivity contribution in [3.8, 4) is 0 Å². The van der Waals surface area contributed by atoms with Crippen LogP contribution in [0, 0.1) is 5.41 Å². The van der Waals surface area contributed by atoms with Crippen molar-refractivity contribution in [1.29, 1.82) is 0 Å². The predicted molar refractivity (Wildman–Crippen MR) is 87.2 cm³/mol. The number of carboxylic acids is 1. The number of hydrogen-bond acceptors (Lipinski definition) is 6. The zero-order chi connectivity index (χ0) is 17.3. The Labute approximate surface area is 137 Å². The maximum atomic E-state index is 10.7. The summed E-state index contributed by atoms with van der Waals surface area (Å²) < 4.78 is 0. The fourth-order valence-electron chi connectivity index (χ4n) is 2.82. The van der Waals surface area contributed by atoms with Crippen LogP contribution in [-0.4, -0.2) is 63.3 Å². The normalized spacial score (nSPS) is 24.4. The fourth-order valence-corrected chi connectivity index (χ4v) is 2.82. The number of carbonyl (C=O) groups is 1. The highest BCUT2D eigenvalue weighted by atomic mass is 16.4. The third-order valence-corrected chi connectivity index (χ3v) is 4.80. The van der Waals surface area contributed by atoms with Gasteiger partial charge in [0.25, 0.3) is 0 Å². The van der Waals surface area contributed by atoms with Gasteiger partial charge in [0, 0.05) is 50.1 Å². The quantitative estimate of drug-likeness (QED) is 0.835. The van der Waals surface area contributed by atoms with E-state index in [1.165, 1.54) is 4.90 Å². The monoisotopic (exact) mass is 322 g/mol. The minimum atomic E-state index is -0.914. The molecule has 23 heavy (non-hydrogen) atoms. The van der Waals surface area contributed by atoms with Crippen LogP contribution < -0.4 is 4.90 Å². The number of rotatable bonds is 5. The lowest BCUT2D eigenvalue weighted by Crippen LogP contribution is -2.55. The lowest BCUT2D eigenvalue weighted by atomic mass is 9.71. The minimum absolute atomic E-state index is 0.130. The van der Waals surface area contributed by atoms with E-state index < -0.39 is 11.6 Å². The number of likely N-dealkylation sites (N-methyl/N-ethyl adjacent to an activating group) is 1. The van der Waals surface area contributed by atoms with Gasteiger partial charge < -0.3 is 15.1 Å². The van der Waals surface area contributed by atoms with Gasteiger partial charge in [0.2, 0.25) is 5.95 Å². The van der Waals surface area contributed by atoms with Crippen molar-refractivity contribution in [2.75, 3.05) is 31.6 Å². The first-order chi connectivity index (χ1) is 10.6. The maximum Gasteiger partial charge on any atom is 0.323 e. The summed E-state index contributed by atoms with van der Waals surface area (Å²) >= 11 is 0. The highest BCUT2D eigenvalue weighted by Crippen LogP contribution is 2.38. The van der Waals surface area contributed by atoms with Crippen molar-refractivity contribution in [1.82, 2.24) is 14.9 Å². The van der Waals surface area contributed by atoms with Crippen LogP contribution in [0.25, 0.3) is 0 Å². The largest absolute Gasteiger partial charge is 0.480 e. The lowest BCUT2D eigenvalue weighted by molar-refractivity contribution is -0.135. The van der Waals surface area contributed by atoms with Gasteiger partial charge in [0.05, 0.1) is 5.60 Å². The van der Waals surface area contributed by atoms with E-state index in [0.717, 1.165) is 31.6 Å². The van der Waals surface area contributed by atoms with E-state index in [-0.39, 0.29) is 12.0 Å². The molecule has 1 saturated heterocycles. The van der Waals surface area contributed by atoms with Crippen LogP contribution in [0.15, 0.2) is 12.4 Å². The standard InChI is InChI=1S/C16H26N4O3/c1-15(2)11-20(6-5-16(15,3)23)9-12-7-17-14(18-8-12)19(4)10-13(21)22/h7-8,23H,5-6,9-11H2,1-4H3,(H,21,22)/t16-/m0/s1. The molecule has 0 aromatic carbocycles. The molecule has 2 rings (SSSR count). The van der Waals surface area contributed by atoms with Crippen LogP contribution in [-0.2, 0) is 11.3 Å². The molecule has 0 saturated carbocycles. The Hall–Kier alpha value is -1.73. The molecule has 0 radical (unpaired) electrons. The molecule has 7 nitrogen and oxygen atoms in total. The number of aliphatic carboxylic acids is 1. The molecular formula is C16H26N4O3. The smallest absolute Gasteiger partial charge is 0.323 e. The Balaban J connectivity index is 1.98. The van der Waals surface area contributed by atoms with E-state index in [0.29, 0.717) is 5.95 Å². The number of hydrogen-bond donors (Lipinski definition) is 2. The van der Waals surface area contributed by atoms with Gasteiger partial charge in [0.1, 0.15) is 6.54 Å². The van der Waals surface area contributed by atoms with E-state index >= 15 is 0 Å². The van der Waals surface area contributed by atoms with E-state index in [9.17, 15) is 9.90 Å². The molecule has 0 aliphatic carbocycles. The van der Waals surface area contributed by atoms with E-state index in [4.69, 9.17) is 5.11 Å². The Kier molecular flexibility index (Phi) is 4.91. The zero-order valence-corrected chi connectivity index (χ0v) is 14.3. The average Bonchev–Trinajstić information content (AvgIpc) is 2.43. The third-order valence-electron chi connectivity index (χ3n) is 4.80.